The summed E-state index contributed by atoms with van der Waals surface area (Å²) in [5, 5.41) is 13.3. The number of hydrogen-bond acceptors (Lipinski definition) is 9. The molecule has 3 aliphatic carbocycles. The summed E-state index contributed by atoms with van der Waals surface area (Å²) in [6.07, 6.45) is 10.1. The molecule has 0 spiro atoms. The molecule has 0 unspecified atom stereocenters. The van der Waals surface area contributed by atoms with E-state index in [4.69, 9.17) is 4.98 Å². The topological polar surface area (TPSA) is 150 Å². The third-order valence-electron chi connectivity index (χ3n) is 12.3. The Labute approximate surface area is 324 Å². The van der Waals surface area contributed by atoms with Crippen LogP contribution in [-0.4, -0.2) is 46.6 Å². The van der Waals surface area contributed by atoms with Crippen LogP contribution in [0.5, 0.6) is 0 Å². The number of anilines is 2. The summed E-state index contributed by atoms with van der Waals surface area (Å²) in [7, 11) is -3.87. The van der Waals surface area contributed by atoms with Gasteiger partial charge in [0.05, 0.1) is 15.5 Å². The number of fused-ring (bicyclic) bond motifs is 4. The van der Waals surface area contributed by atoms with Gasteiger partial charge < -0.3 is 9.47 Å². The lowest BCUT2D eigenvalue weighted by Crippen LogP contribution is -2.37. The number of aromatic nitrogens is 3. The van der Waals surface area contributed by atoms with Gasteiger partial charge in [-0.05, 0) is 104 Å². The lowest BCUT2D eigenvalue weighted by molar-refractivity contribution is 0.0589. The number of pyridine rings is 1. The fourth-order valence-electron chi connectivity index (χ4n) is 9.33. The molecule has 282 valence electrons. The minimum atomic E-state index is -3.87. The Hall–Kier alpha value is -5.06. The molecule has 3 aromatic heterocycles. The summed E-state index contributed by atoms with van der Waals surface area (Å²) in [5.74, 6) is 0.200. The Bertz CT molecular complexity index is 2470. The van der Waals surface area contributed by atoms with Crippen molar-refractivity contribution in [2.24, 2.45) is 11.3 Å². The van der Waals surface area contributed by atoms with Crippen LogP contribution in [0.3, 0.4) is 0 Å². The van der Waals surface area contributed by atoms with Gasteiger partial charge in [0, 0.05) is 42.0 Å². The molecule has 11 nitrogen and oxygen atoms in total. The van der Waals surface area contributed by atoms with E-state index >= 15 is 0 Å². The summed E-state index contributed by atoms with van der Waals surface area (Å²) in [6.45, 7) is 3.68. The van der Waals surface area contributed by atoms with Crippen molar-refractivity contribution >= 4 is 54.3 Å². The van der Waals surface area contributed by atoms with Gasteiger partial charge in [0.2, 0.25) is 10.0 Å². The molecular weight excluding hydrogens is 731 g/mol. The standard InChI is InChI=1S/C42H43N7O4S2/c1-26-33(21-29(23-43)49(26)25-42-18-5-7-27(22-42)8-6-19-42)31-15-16-37(45-38(31)40(51)47-55(52,53)30-13-14-30)48-20-17-28-9-4-10-32(34(28)24-48)39(50)46-41-44-35-11-2-3-12-36(35)54-41/h2-4,9-12,15-16,21,27,30H,5-8,13-14,17-20,22,24-25H2,1H3,(H,47,51)(H,44,46,50). The molecule has 2 bridgehead atoms. The van der Waals surface area contributed by atoms with Crippen LogP contribution in [-0.2, 0) is 29.5 Å². The summed E-state index contributed by atoms with van der Waals surface area (Å²) in [6, 6.07) is 21.4. The average molecular weight is 774 g/mol. The van der Waals surface area contributed by atoms with E-state index in [2.05, 4.69) is 25.7 Å². The number of nitriles is 1. The number of hydrogen-bond donors (Lipinski definition) is 2. The van der Waals surface area contributed by atoms with E-state index in [0.717, 1.165) is 52.3 Å². The Balaban J connectivity index is 1.05. The lowest BCUT2D eigenvalue weighted by Gasteiger charge is -2.46. The second-order valence-corrected chi connectivity index (χ2v) is 18.9. The molecule has 55 heavy (non-hydrogen) atoms. The first kappa shape index (κ1) is 35.6. The molecular formula is C42H43N7O4S2. The van der Waals surface area contributed by atoms with Crippen molar-refractivity contribution in [2.75, 3.05) is 16.8 Å². The Morgan fingerprint density at radius 3 is 2.55 bits per heavy atom. The molecule has 0 atom stereocenters. The van der Waals surface area contributed by atoms with Crippen molar-refractivity contribution in [3.05, 3.63) is 94.4 Å². The normalized spacial score (nSPS) is 20.8. The molecule has 0 saturated heterocycles. The van der Waals surface area contributed by atoms with Crippen molar-refractivity contribution in [1.82, 2.24) is 19.3 Å². The monoisotopic (exact) mass is 773 g/mol. The molecule has 2 amide bonds. The van der Waals surface area contributed by atoms with E-state index < -0.39 is 21.2 Å². The lowest BCUT2D eigenvalue weighted by atomic mass is 9.62. The second kappa shape index (κ2) is 13.9. The zero-order valence-electron chi connectivity index (χ0n) is 30.8. The number of sulfonamides is 1. The first-order chi connectivity index (χ1) is 26.6. The SMILES string of the molecule is Cc1c(-c2ccc(N3CCc4cccc(C(=O)Nc5nc6ccccc6s5)c4C3)nc2C(=O)NS(=O)(=O)C2CC2)cc(C#N)n1CC12CCCC(CCC1)C2. The summed E-state index contributed by atoms with van der Waals surface area (Å²) >= 11 is 1.42. The molecule has 3 fully saturated rings. The maximum atomic E-state index is 14.0. The highest BCUT2D eigenvalue weighted by Gasteiger charge is 2.41. The van der Waals surface area contributed by atoms with Gasteiger partial charge in [0.25, 0.3) is 11.8 Å². The maximum Gasteiger partial charge on any atom is 0.284 e. The molecule has 4 aliphatic rings. The number of para-hydroxylation sites is 1. The number of rotatable bonds is 9. The quantitative estimate of drug-likeness (QED) is 0.155. The molecule has 5 aromatic rings. The van der Waals surface area contributed by atoms with Gasteiger partial charge in [-0.2, -0.15) is 5.26 Å². The molecule has 13 heteroatoms. The predicted octanol–water partition coefficient (Wildman–Crippen LogP) is 7.74. The van der Waals surface area contributed by atoms with Crippen LogP contribution in [0.1, 0.15) is 101 Å². The molecule has 9 rings (SSSR count). The van der Waals surface area contributed by atoms with Crippen molar-refractivity contribution in [3.63, 3.8) is 0 Å². The number of amides is 2. The summed E-state index contributed by atoms with van der Waals surface area (Å²) in [4.78, 5) is 39.2. The molecule has 4 heterocycles. The van der Waals surface area contributed by atoms with Crippen molar-refractivity contribution < 1.29 is 18.0 Å². The van der Waals surface area contributed by atoms with Crippen LogP contribution in [0.15, 0.2) is 60.7 Å². The van der Waals surface area contributed by atoms with Crippen molar-refractivity contribution in [1.29, 1.82) is 5.26 Å². The number of nitrogens with one attached hydrogen (secondary N) is 2. The molecule has 2 aromatic carbocycles. The van der Waals surface area contributed by atoms with Crippen LogP contribution in [0.25, 0.3) is 21.3 Å². The van der Waals surface area contributed by atoms with Gasteiger partial charge in [-0.1, -0.05) is 61.3 Å². The van der Waals surface area contributed by atoms with E-state index in [0.29, 0.717) is 65.7 Å². The van der Waals surface area contributed by atoms with Crippen LogP contribution in [0.2, 0.25) is 0 Å². The minimum absolute atomic E-state index is 0.00677. The zero-order chi connectivity index (χ0) is 37.9. The van der Waals surface area contributed by atoms with E-state index in [9.17, 15) is 23.3 Å². The van der Waals surface area contributed by atoms with E-state index in [-0.39, 0.29) is 17.0 Å². The van der Waals surface area contributed by atoms with Gasteiger partial charge in [0.15, 0.2) is 5.13 Å². The second-order valence-electron chi connectivity index (χ2n) is 15.9. The smallest absolute Gasteiger partial charge is 0.284 e. The summed E-state index contributed by atoms with van der Waals surface area (Å²) < 4.78 is 31.5. The van der Waals surface area contributed by atoms with Gasteiger partial charge in [-0.25, -0.2) is 23.1 Å². The number of nitrogens with zero attached hydrogens (tertiary/aromatic N) is 5. The fraction of sp³-hybridized carbons (Fsp3) is 0.405. The highest BCUT2D eigenvalue weighted by atomic mass is 32.2. The predicted molar refractivity (Wildman–Crippen MR) is 214 cm³/mol. The number of benzene rings is 2. The number of carbonyl (C=O) groups is 2. The van der Waals surface area contributed by atoms with Gasteiger partial charge in [-0.3, -0.25) is 14.9 Å². The highest BCUT2D eigenvalue weighted by Crippen LogP contribution is 2.50. The zero-order valence-corrected chi connectivity index (χ0v) is 32.4. The van der Waals surface area contributed by atoms with Crippen LogP contribution >= 0.6 is 11.3 Å². The van der Waals surface area contributed by atoms with Crippen LogP contribution in [0, 0.1) is 29.6 Å². The van der Waals surface area contributed by atoms with Crippen molar-refractivity contribution in [2.45, 2.75) is 89.5 Å². The van der Waals surface area contributed by atoms with E-state index in [1.807, 2.05) is 72.5 Å². The Morgan fingerprint density at radius 2 is 1.78 bits per heavy atom. The van der Waals surface area contributed by atoms with Gasteiger partial charge in [-0.15, -0.1) is 0 Å². The molecule has 1 aliphatic heterocycles. The van der Waals surface area contributed by atoms with E-state index in [1.165, 1.54) is 43.4 Å². The highest BCUT2D eigenvalue weighted by molar-refractivity contribution is 7.91. The molecule has 3 saturated carbocycles. The van der Waals surface area contributed by atoms with Gasteiger partial charge in [0.1, 0.15) is 23.3 Å². The first-order valence-corrected chi connectivity index (χ1v) is 21.7. The third kappa shape index (κ3) is 6.80. The maximum absolute atomic E-state index is 14.0. The number of carbonyl (C=O) groups excluding carboxylic acids is 2. The molecule has 2 N–H and O–H groups in total. The van der Waals surface area contributed by atoms with Crippen molar-refractivity contribution in [3.8, 4) is 17.2 Å². The van der Waals surface area contributed by atoms with Gasteiger partial charge >= 0.3 is 0 Å². The minimum Gasteiger partial charge on any atom is -0.352 e. The Morgan fingerprint density at radius 1 is 0.982 bits per heavy atom. The fourth-order valence-corrected chi connectivity index (χ4v) is 11.5. The third-order valence-corrected chi connectivity index (χ3v) is 15.0. The molecule has 0 radical (unpaired) electrons. The largest absolute Gasteiger partial charge is 0.352 e. The van der Waals surface area contributed by atoms with E-state index in [1.54, 1.807) is 0 Å². The first-order valence-electron chi connectivity index (χ1n) is 19.3. The average Bonchev–Trinajstić information content (AvgIpc) is 3.91. The van der Waals surface area contributed by atoms with Crippen LogP contribution < -0.4 is 14.9 Å². The number of thiazole rings is 1. The Kier molecular flexibility index (Phi) is 9.01. The summed E-state index contributed by atoms with van der Waals surface area (Å²) in [5.41, 5.74) is 6.00. The van der Waals surface area contributed by atoms with Crippen LogP contribution in [0.4, 0.5) is 10.9 Å².